The molecule has 208 valence electrons. The molecule has 2 fully saturated rings. The van der Waals surface area contributed by atoms with Gasteiger partial charge < -0.3 is 10.1 Å². The Balaban J connectivity index is 1.47. The van der Waals surface area contributed by atoms with E-state index in [4.69, 9.17) is 16.3 Å². The van der Waals surface area contributed by atoms with Crippen molar-refractivity contribution in [1.29, 1.82) is 0 Å². The molecule has 2 aromatic rings. The molecule has 38 heavy (non-hydrogen) atoms. The Morgan fingerprint density at radius 1 is 1.26 bits per heavy atom. The summed E-state index contributed by atoms with van der Waals surface area (Å²) in [4.78, 5) is 14.8. The molecule has 2 heterocycles. The van der Waals surface area contributed by atoms with Gasteiger partial charge in [-0.1, -0.05) is 11.6 Å². The predicted octanol–water partition coefficient (Wildman–Crippen LogP) is 4.61. The first kappa shape index (κ1) is 29.0. The Morgan fingerprint density at radius 3 is 2.58 bits per heavy atom. The molecule has 0 saturated carbocycles. The van der Waals surface area contributed by atoms with E-state index in [1.807, 2.05) is 9.62 Å². The first-order valence-corrected chi connectivity index (χ1v) is 15.0. The smallest absolute Gasteiger partial charge is 0.265 e. The fourth-order valence-corrected chi connectivity index (χ4v) is 6.66. The van der Waals surface area contributed by atoms with Crippen molar-refractivity contribution >= 4 is 45.0 Å². The number of anilines is 1. The highest BCUT2D eigenvalue weighted by molar-refractivity contribution is 7.99. The molecule has 4 rings (SSSR count). The summed E-state index contributed by atoms with van der Waals surface area (Å²) >= 11 is 7.75. The monoisotopic (exact) mass is 591 g/mol. The van der Waals surface area contributed by atoms with Crippen molar-refractivity contribution in [2.24, 2.45) is 0 Å². The Hall–Kier alpha value is -1.99. The molecule has 0 bridgehead atoms. The molecule has 7 nitrogen and oxygen atoms in total. The molecule has 2 aromatic carbocycles. The zero-order valence-corrected chi connectivity index (χ0v) is 23.1. The second kappa shape index (κ2) is 12.0. The number of carbonyl (C=O) groups excluding carboxylic acids is 1. The quantitative estimate of drug-likeness (QED) is 0.369. The van der Waals surface area contributed by atoms with Gasteiger partial charge in [-0.05, 0) is 62.6 Å². The number of ether oxygens (including phenoxy) is 1. The Morgan fingerprint density at radius 2 is 1.97 bits per heavy atom. The SMILES string of the molecule is CC1(C(=O)NS(=O)(=O)c2cc(F)c(N[C@H](CCN3CC(F)C3)CSc3ccc(F)cc3)c(Cl)c2)CCCO1. The lowest BCUT2D eigenvalue weighted by Gasteiger charge is -2.35. The van der Waals surface area contributed by atoms with Crippen molar-refractivity contribution < 1.29 is 31.1 Å². The zero-order valence-electron chi connectivity index (χ0n) is 20.7. The van der Waals surface area contributed by atoms with E-state index < -0.39 is 38.4 Å². The van der Waals surface area contributed by atoms with Gasteiger partial charge >= 0.3 is 0 Å². The molecule has 2 aliphatic heterocycles. The lowest BCUT2D eigenvalue weighted by atomic mass is 10.0. The zero-order chi connectivity index (χ0) is 27.5. The van der Waals surface area contributed by atoms with Gasteiger partial charge in [-0.3, -0.25) is 9.69 Å². The van der Waals surface area contributed by atoms with Crippen molar-refractivity contribution in [2.75, 3.05) is 37.3 Å². The number of likely N-dealkylation sites (tertiary alicyclic amines) is 1. The number of hydrogen-bond donors (Lipinski definition) is 2. The van der Waals surface area contributed by atoms with Crippen LogP contribution in [0.15, 0.2) is 46.2 Å². The summed E-state index contributed by atoms with van der Waals surface area (Å²) in [7, 11) is -4.41. The van der Waals surface area contributed by atoms with Crippen LogP contribution in [-0.2, 0) is 19.6 Å². The number of amides is 1. The van der Waals surface area contributed by atoms with Crippen molar-refractivity contribution in [3.8, 4) is 0 Å². The summed E-state index contributed by atoms with van der Waals surface area (Å²) in [6.45, 7) is 3.10. The summed E-state index contributed by atoms with van der Waals surface area (Å²) in [5.74, 6) is -1.62. The molecule has 0 radical (unpaired) electrons. The van der Waals surface area contributed by atoms with Crippen LogP contribution in [0.25, 0.3) is 0 Å². The number of sulfonamides is 1. The average Bonchev–Trinajstić information content (AvgIpc) is 3.29. The maximum absolute atomic E-state index is 15.2. The first-order valence-electron chi connectivity index (χ1n) is 12.2. The summed E-state index contributed by atoms with van der Waals surface area (Å²) in [6, 6.07) is 7.53. The second-order valence-electron chi connectivity index (χ2n) is 9.63. The number of thioether (sulfide) groups is 1. The van der Waals surface area contributed by atoms with Gasteiger partial charge in [0.2, 0.25) is 0 Å². The molecule has 2 atom stereocenters. The standard InChI is InChI=1S/C25H29ClF3N3O4S2/c1-25(8-2-10-36-25)24(33)31-38(34,35)20-11-21(26)23(22(29)12-20)30-18(7-9-32-13-17(28)14-32)15-37-19-5-3-16(27)4-6-19/h3-6,11-12,17-18,30H,2,7-10,13-15H2,1H3,(H,31,33)/t18-,25?/m1/s1. The lowest BCUT2D eigenvalue weighted by molar-refractivity contribution is -0.137. The number of carbonyl (C=O) groups is 1. The van der Waals surface area contributed by atoms with E-state index in [2.05, 4.69) is 5.32 Å². The van der Waals surface area contributed by atoms with Crippen LogP contribution in [0.1, 0.15) is 26.2 Å². The third-order valence-corrected chi connectivity index (χ3v) is 9.35. The minimum absolute atomic E-state index is 0.0836. The highest BCUT2D eigenvalue weighted by Crippen LogP contribution is 2.32. The minimum atomic E-state index is -4.41. The van der Waals surface area contributed by atoms with Crippen molar-refractivity contribution in [2.45, 2.75) is 53.8 Å². The maximum atomic E-state index is 15.2. The predicted molar refractivity (Wildman–Crippen MR) is 141 cm³/mol. The van der Waals surface area contributed by atoms with Gasteiger partial charge in [0.1, 0.15) is 23.4 Å². The van der Waals surface area contributed by atoms with E-state index in [0.717, 1.165) is 17.0 Å². The number of hydrogen-bond acceptors (Lipinski definition) is 7. The van der Waals surface area contributed by atoms with Crippen LogP contribution in [0.5, 0.6) is 0 Å². The highest BCUT2D eigenvalue weighted by atomic mass is 35.5. The molecular formula is C25H29ClF3N3O4S2. The summed E-state index contributed by atoms with van der Waals surface area (Å²) in [6.07, 6.45) is 0.676. The molecule has 1 amide bonds. The van der Waals surface area contributed by atoms with Gasteiger partial charge in [0.05, 0.1) is 15.6 Å². The molecule has 1 unspecified atom stereocenters. The van der Waals surface area contributed by atoms with E-state index in [9.17, 15) is 22.0 Å². The molecular weight excluding hydrogens is 563 g/mol. The largest absolute Gasteiger partial charge is 0.378 e. The van der Waals surface area contributed by atoms with Gasteiger partial charge in [0, 0.05) is 42.9 Å². The summed E-state index contributed by atoms with van der Waals surface area (Å²) < 4.78 is 74.6. The van der Waals surface area contributed by atoms with E-state index >= 15 is 4.39 Å². The number of rotatable bonds is 11. The van der Waals surface area contributed by atoms with Gasteiger partial charge in [0.25, 0.3) is 15.9 Å². The fourth-order valence-electron chi connectivity index (χ4n) is 4.25. The topological polar surface area (TPSA) is 87.7 Å². The first-order chi connectivity index (χ1) is 17.9. The van der Waals surface area contributed by atoms with Crippen LogP contribution in [-0.4, -0.2) is 69.0 Å². The number of halogens is 4. The second-order valence-corrected chi connectivity index (χ2v) is 12.8. The molecule has 2 aliphatic rings. The van der Waals surface area contributed by atoms with Gasteiger partial charge in [-0.15, -0.1) is 11.8 Å². The molecule has 0 aliphatic carbocycles. The van der Waals surface area contributed by atoms with Gasteiger partial charge in [0.15, 0.2) is 0 Å². The third kappa shape index (κ3) is 7.15. The summed E-state index contributed by atoms with van der Waals surface area (Å²) in [5.41, 5.74) is -1.36. The fraction of sp³-hybridized carbons (Fsp3) is 0.480. The van der Waals surface area contributed by atoms with E-state index in [0.29, 0.717) is 51.3 Å². The molecule has 0 aromatic heterocycles. The van der Waals surface area contributed by atoms with Crippen molar-refractivity contribution in [3.05, 3.63) is 53.1 Å². The Labute approximate surface area is 229 Å². The third-order valence-electron chi connectivity index (χ3n) is 6.57. The van der Waals surface area contributed by atoms with Crippen molar-refractivity contribution in [1.82, 2.24) is 9.62 Å². The van der Waals surface area contributed by atoms with Crippen LogP contribution in [0.2, 0.25) is 5.02 Å². The number of alkyl halides is 1. The normalized spacial score (nSPS) is 21.2. The summed E-state index contributed by atoms with van der Waals surface area (Å²) in [5, 5.41) is 2.88. The van der Waals surface area contributed by atoms with Gasteiger partial charge in [-0.25, -0.2) is 26.3 Å². The molecule has 0 spiro atoms. The van der Waals surface area contributed by atoms with Crippen LogP contribution in [0.3, 0.4) is 0 Å². The lowest BCUT2D eigenvalue weighted by Crippen LogP contribution is -2.49. The average molecular weight is 592 g/mol. The number of nitrogens with zero attached hydrogens (tertiary/aromatic N) is 1. The van der Waals surface area contributed by atoms with Crippen LogP contribution < -0.4 is 10.0 Å². The maximum Gasteiger partial charge on any atom is 0.265 e. The minimum Gasteiger partial charge on any atom is -0.378 e. The molecule has 2 saturated heterocycles. The van der Waals surface area contributed by atoms with E-state index in [-0.39, 0.29) is 22.6 Å². The van der Waals surface area contributed by atoms with E-state index in [1.54, 1.807) is 12.1 Å². The Bertz CT molecular complexity index is 1230. The van der Waals surface area contributed by atoms with Crippen LogP contribution >= 0.6 is 23.4 Å². The number of nitrogens with one attached hydrogen (secondary N) is 2. The number of benzene rings is 2. The van der Waals surface area contributed by atoms with E-state index in [1.165, 1.54) is 30.8 Å². The molecule has 2 N–H and O–H groups in total. The van der Waals surface area contributed by atoms with Crippen LogP contribution in [0, 0.1) is 11.6 Å². The van der Waals surface area contributed by atoms with Gasteiger partial charge in [-0.2, -0.15) is 0 Å². The Kier molecular flexibility index (Phi) is 9.18. The molecule has 13 heteroatoms. The van der Waals surface area contributed by atoms with Crippen LogP contribution in [0.4, 0.5) is 18.9 Å². The van der Waals surface area contributed by atoms with Crippen molar-refractivity contribution in [3.63, 3.8) is 0 Å². The highest BCUT2D eigenvalue weighted by Gasteiger charge is 2.40.